The van der Waals surface area contributed by atoms with Crippen LogP contribution in [0, 0.1) is 0 Å². The predicted octanol–water partition coefficient (Wildman–Crippen LogP) is 4.71. The van der Waals surface area contributed by atoms with Crippen molar-refractivity contribution in [2.24, 2.45) is 0 Å². The third kappa shape index (κ3) is 3.90. The number of rotatable bonds is 4. The van der Waals surface area contributed by atoms with E-state index in [4.69, 9.17) is 4.98 Å². The van der Waals surface area contributed by atoms with Crippen LogP contribution in [0.3, 0.4) is 0 Å². The maximum absolute atomic E-state index is 4.78. The van der Waals surface area contributed by atoms with Crippen molar-refractivity contribution in [1.29, 1.82) is 0 Å². The van der Waals surface area contributed by atoms with Crippen molar-refractivity contribution in [3.8, 4) is 0 Å². The zero-order valence-corrected chi connectivity index (χ0v) is 14.8. The molecule has 4 heteroatoms. The molecule has 0 amide bonds. The monoisotopic (exact) mass is 352 g/mol. The van der Waals surface area contributed by atoms with E-state index in [9.17, 15) is 0 Å². The summed E-state index contributed by atoms with van der Waals surface area (Å²) in [4.78, 5) is 4.78. The molecule has 0 fully saturated rings. The third-order valence-corrected chi connectivity index (χ3v) is 4.66. The summed E-state index contributed by atoms with van der Waals surface area (Å²) in [6.07, 6.45) is 0.924. The Hall–Kier alpha value is -0.710. The van der Waals surface area contributed by atoms with E-state index in [0.717, 1.165) is 10.9 Å². The normalized spacial score (nSPS) is 13.4. The molecule has 0 saturated carbocycles. The van der Waals surface area contributed by atoms with Gasteiger partial charge in [0.2, 0.25) is 0 Å². The standard InChI is InChI=1S/C16H21BrN2S/c1-16(2,3)14-10-20-15(19-14)9-13(18-4)11-6-5-7-12(17)8-11/h5-8,10,13,18H,9H2,1-4H3. The summed E-state index contributed by atoms with van der Waals surface area (Å²) in [5, 5.41) is 6.76. The zero-order valence-electron chi connectivity index (χ0n) is 12.4. The van der Waals surface area contributed by atoms with Gasteiger partial charge in [-0.15, -0.1) is 11.3 Å². The number of nitrogens with zero attached hydrogens (tertiary/aromatic N) is 1. The molecule has 0 aliphatic carbocycles. The maximum atomic E-state index is 4.78. The number of hydrogen-bond donors (Lipinski definition) is 1. The summed E-state index contributed by atoms with van der Waals surface area (Å²) in [6, 6.07) is 8.75. The summed E-state index contributed by atoms with van der Waals surface area (Å²) in [7, 11) is 2.00. The molecule has 0 aliphatic rings. The highest BCUT2D eigenvalue weighted by molar-refractivity contribution is 9.10. The molecular formula is C16H21BrN2S. The van der Waals surface area contributed by atoms with Crippen LogP contribution >= 0.6 is 27.3 Å². The quantitative estimate of drug-likeness (QED) is 0.861. The lowest BCUT2D eigenvalue weighted by Gasteiger charge is -2.16. The van der Waals surface area contributed by atoms with Gasteiger partial charge in [0.15, 0.2) is 0 Å². The lowest BCUT2D eigenvalue weighted by molar-refractivity contribution is 0.560. The second kappa shape index (κ2) is 6.37. The van der Waals surface area contributed by atoms with Gasteiger partial charge in [-0.05, 0) is 24.7 Å². The van der Waals surface area contributed by atoms with Crippen molar-refractivity contribution in [3.05, 3.63) is 50.4 Å². The van der Waals surface area contributed by atoms with Crippen LogP contribution < -0.4 is 5.32 Å². The van der Waals surface area contributed by atoms with E-state index in [0.29, 0.717) is 6.04 Å². The van der Waals surface area contributed by atoms with E-state index in [-0.39, 0.29) is 5.41 Å². The van der Waals surface area contributed by atoms with Gasteiger partial charge in [-0.2, -0.15) is 0 Å². The Labute approximate surface area is 133 Å². The van der Waals surface area contributed by atoms with Gasteiger partial charge in [0.05, 0.1) is 10.7 Å². The maximum Gasteiger partial charge on any atom is 0.0947 e. The fourth-order valence-electron chi connectivity index (χ4n) is 2.03. The van der Waals surface area contributed by atoms with Crippen LogP contribution in [0.25, 0.3) is 0 Å². The lowest BCUT2D eigenvalue weighted by Crippen LogP contribution is -2.19. The van der Waals surface area contributed by atoms with Crippen LogP contribution in [0.5, 0.6) is 0 Å². The van der Waals surface area contributed by atoms with Crippen LogP contribution in [-0.4, -0.2) is 12.0 Å². The van der Waals surface area contributed by atoms with Crippen molar-refractivity contribution in [1.82, 2.24) is 10.3 Å². The number of hydrogen-bond acceptors (Lipinski definition) is 3. The summed E-state index contributed by atoms with van der Waals surface area (Å²) in [5.74, 6) is 0. The van der Waals surface area contributed by atoms with Gasteiger partial charge in [0.1, 0.15) is 0 Å². The van der Waals surface area contributed by atoms with Crippen molar-refractivity contribution in [2.45, 2.75) is 38.6 Å². The first-order chi connectivity index (χ1) is 9.40. The molecule has 1 atom stereocenters. The molecule has 0 spiro atoms. The molecule has 1 heterocycles. The van der Waals surface area contributed by atoms with Crippen LogP contribution in [0.2, 0.25) is 0 Å². The lowest BCUT2D eigenvalue weighted by atomic mass is 9.93. The zero-order chi connectivity index (χ0) is 14.8. The number of benzene rings is 1. The van der Waals surface area contributed by atoms with E-state index in [2.05, 4.69) is 71.7 Å². The fourth-order valence-corrected chi connectivity index (χ4v) is 3.52. The van der Waals surface area contributed by atoms with Gasteiger partial charge in [-0.25, -0.2) is 4.98 Å². The summed E-state index contributed by atoms with van der Waals surface area (Å²) >= 11 is 5.29. The van der Waals surface area contributed by atoms with Gasteiger partial charge in [-0.1, -0.05) is 48.8 Å². The summed E-state index contributed by atoms with van der Waals surface area (Å²) < 4.78 is 1.12. The molecule has 108 valence electrons. The minimum absolute atomic E-state index is 0.125. The Balaban J connectivity index is 2.16. The Kier molecular flexibility index (Phi) is 4.99. The summed E-state index contributed by atoms with van der Waals surface area (Å²) in [5.41, 5.74) is 2.59. The van der Waals surface area contributed by atoms with Gasteiger partial charge >= 0.3 is 0 Å². The number of likely N-dealkylation sites (N-methyl/N-ethyl adjacent to an activating group) is 1. The molecular weight excluding hydrogens is 332 g/mol. The van der Waals surface area contributed by atoms with E-state index >= 15 is 0 Å². The Morgan fingerprint density at radius 2 is 2.10 bits per heavy atom. The third-order valence-electron chi connectivity index (χ3n) is 3.30. The van der Waals surface area contributed by atoms with Crippen molar-refractivity contribution in [2.75, 3.05) is 7.05 Å². The van der Waals surface area contributed by atoms with Gasteiger partial charge < -0.3 is 5.32 Å². The van der Waals surface area contributed by atoms with Gasteiger partial charge in [-0.3, -0.25) is 0 Å². The number of thiazole rings is 1. The first kappa shape index (κ1) is 15.7. The molecule has 2 rings (SSSR count). The first-order valence-electron chi connectivity index (χ1n) is 6.78. The molecule has 20 heavy (non-hydrogen) atoms. The SMILES string of the molecule is CNC(Cc1nc(C(C)(C)C)cs1)c1cccc(Br)c1. The highest BCUT2D eigenvalue weighted by atomic mass is 79.9. The van der Waals surface area contributed by atoms with Gasteiger partial charge in [0.25, 0.3) is 0 Å². The largest absolute Gasteiger partial charge is 0.313 e. The van der Waals surface area contributed by atoms with Crippen LogP contribution in [0.4, 0.5) is 0 Å². The Morgan fingerprint density at radius 3 is 2.65 bits per heavy atom. The molecule has 1 aromatic carbocycles. The number of aromatic nitrogens is 1. The summed E-state index contributed by atoms with van der Waals surface area (Å²) in [6.45, 7) is 6.61. The fraction of sp³-hybridized carbons (Fsp3) is 0.438. The van der Waals surface area contributed by atoms with Crippen LogP contribution in [0.15, 0.2) is 34.1 Å². The molecule has 0 radical (unpaired) electrons. The highest BCUT2D eigenvalue weighted by Crippen LogP contribution is 2.27. The van der Waals surface area contributed by atoms with Crippen molar-refractivity contribution >= 4 is 27.3 Å². The van der Waals surface area contributed by atoms with Crippen molar-refractivity contribution in [3.63, 3.8) is 0 Å². The molecule has 2 nitrogen and oxygen atoms in total. The molecule has 1 N–H and O–H groups in total. The molecule has 0 saturated heterocycles. The molecule has 2 aromatic rings. The Bertz CT molecular complexity index is 572. The second-order valence-electron chi connectivity index (χ2n) is 5.98. The van der Waals surface area contributed by atoms with E-state index in [1.165, 1.54) is 16.3 Å². The predicted molar refractivity (Wildman–Crippen MR) is 90.5 cm³/mol. The smallest absolute Gasteiger partial charge is 0.0947 e. The Morgan fingerprint density at radius 1 is 1.35 bits per heavy atom. The van der Waals surface area contributed by atoms with Crippen LogP contribution in [-0.2, 0) is 11.8 Å². The molecule has 0 aliphatic heterocycles. The average molecular weight is 353 g/mol. The van der Waals surface area contributed by atoms with E-state index in [1.807, 2.05) is 7.05 Å². The average Bonchev–Trinajstić information content (AvgIpc) is 2.84. The highest BCUT2D eigenvalue weighted by Gasteiger charge is 2.19. The second-order valence-corrected chi connectivity index (χ2v) is 7.84. The topological polar surface area (TPSA) is 24.9 Å². The minimum atomic E-state index is 0.125. The number of nitrogens with one attached hydrogen (secondary N) is 1. The molecule has 1 aromatic heterocycles. The van der Waals surface area contributed by atoms with E-state index < -0.39 is 0 Å². The molecule has 0 bridgehead atoms. The molecule has 1 unspecified atom stereocenters. The van der Waals surface area contributed by atoms with E-state index in [1.54, 1.807) is 11.3 Å². The van der Waals surface area contributed by atoms with Crippen LogP contribution in [0.1, 0.15) is 43.1 Å². The van der Waals surface area contributed by atoms with Gasteiger partial charge in [0, 0.05) is 27.7 Å². The number of halogens is 1. The first-order valence-corrected chi connectivity index (χ1v) is 8.45. The minimum Gasteiger partial charge on any atom is -0.313 e. The van der Waals surface area contributed by atoms with Crippen molar-refractivity contribution < 1.29 is 0 Å².